The van der Waals surface area contributed by atoms with Crippen molar-refractivity contribution < 1.29 is 28.2 Å². The van der Waals surface area contributed by atoms with Crippen molar-refractivity contribution in [3.8, 4) is 22.8 Å². The number of alkyl halides is 2. The molecular formula is C20H17F2N3O4. The molecule has 0 saturated carbocycles. The van der Waals surface area contributed by atoms with Gasteiger partial charge >= 0.3 is 12.3 Å². The maximum absolute atomic E-state index is 13.4. The predicted octanol–water partition coefficient (Wildman–Crippen LogP) is 4.16. The lowest BCUT2D eigenvalue weighted by atomic mass is 10.1. The van der Waals surface area contributed by atoms with Gasteiger partial charge in [-0.05, 0) is 50.2 Å². The van der Waals surface area contributed by atoms with Crippen LogP contribution in [0.4, 0.5) is 14.6 Å². The molecule has 0 saturated heterocycles. The maximum Gasteiger partial charge on any atom is 0.586 e. The van der Waals surface area contributed by atoms with Gasteiger partial charge in [0.05, 0.1) is 16.6 Å². The monoisotopic (exact) mass is 401 g/mol. The minimum atomic E-state index is -3.71. The van der Waals surface area contributed by atoms with Crippen LogP contribution in [0.3, 0.4) is 0 Å². The van der Waals surface area contributed by atoms with Crippen LogP contribution in [0.25, 0.3) is 22.3 Å². The highest BCUT2D eigenvalue weighted by Gasteiger charge is 2.43. The normalized spacial score (nSPS) is 14.4. The first-order valence-corrected chi connectivity index (χ1v) is 8.83. The summed E-state index contributed by atoms with van der Waals surface area (Å²) in [6.07, 6.45) is -3.71. The highest BCUT2D eigenvalue weighted by atomic mass is 19.3. The number of benzene rings is 2. The van der Waals surface area contributed by atoms with Gasteiger partial charge in [0.2, 0.25) is 0 Å². The fourth-order valence-corrected chi connectivity index (χ4v) is 2.96. The number of carboxylic acids is 1. The zero-order valence-electron chi connectivity index (χ0n) is 15.8. The number of nitrogens with zero attached hydrogens (tertiary/aromatic N) is 3. The standard InChI is InChI=1S/C20H17F2N3O4/c1-10(2)25(3)18-17(11-5-7-15-16(9-11)29-20(21,22)28-15)23-13-6-4-12(19(26)27)8-14(13)24-18/h4-10H,1-3H3,(H,26,27). The molecule has 0 bridgehead atoms. The summed E-state index contributed by atoms with van der Waals surface area (Å²) in [5.74, 6) is -0.722. The van der Waals surface area contributed by atoms with E-state index in [1.807, 2.05) is 25.8 Å². The molecular weight excluding hydrogens is 384 g/mol. The fraction of sp³-hybridized carbons (Fsp3) is 0.250. The van der Waals surface area contributed by atoms with Crippen LogP contribution in [0.5, 0.6) is 11.5 Å². The zero-order valence-corrected chi connectivity index (χ0v) is 15.8. The first kappa shape index (κ1) is 18.9. The van der Waals surface area contributed by atoms with E-state index in [0.29, 0.717) is 28.1 Å². The first-order valence-electron chi connectivity index (χ1n) is 8.83. The van der Waals surface area contributed by atoms with Crippen LogP contribution in [0.1, 0.15) is 24.2 Å². The summed E-state index contributed by atoms with van der Waals surface area (Å²) in [5, 5.41) is 9.23. The number of aromatic carboxylic acids is 1. The number of carbonyl (C=O) groups is 1. The van der Waals surface area contributed by atoms with E-state index in [1.54, 1.807) is 12.1 Å². The molecule has 1 aliphatic rings. The minimum Gasteiger partial charge on any atom is -0.478 e. The molecule has 0 fully saturated rings. The molecule has 0 amide bonds. The summed E-state index contributed by atoms with van der Waals surface area (Å²) < 4.78 is 35.7. The molecule has 3 aromatic rings. The van der Waals surface area contributed by atoms with Crippen molar-refractivity contribution >= 4 is 22.8 Å². The quantitative estimate of drug-likeness (QED) is 0.703. The van der Waals surface area contributed by atoms with Crippen LogP contribution in [-0.4, -0.2) is 40.4 Å². The Morgan fingerprint density at radius 1 is 1.07 bits per heavy atom. The van der Waals surface area contributed by atoms with E-state index in [9.17, 15) is 18.7 Å². The van der Waals surface area contributed by atoms with Gasteiger partial charge in [-0.2, -0.15) is 0 Å². The lowest BCUT2D eigenvalue weighted by molar-refractivity contribution is -0.286. The second-order valence-corrected chi connectivity index (χ2v) is 6.94. The van der Waals surface area contributed by atoms with Gasteiger partial charge in [0.15, 0.2) is 17.3 Å². The zero-order chi connectivity index (χ0) is 20.9. The van der Waals surface area contributed by atoms with Crippen molar-refractivity contribution in [2.75, 3.05) is 11.9 Å². The van der Waals surface area contributed by atoms with E-state index in [2.05, 4.69) is 19.4 Å². The third-order valence-electron chi connectivity index (χ3n) is 4.68. The molecule has 2 aromatic carbocycles. The number of ether oxygens (including phenoxy) is 2. The van der Waals surface area contributed by atoms with Crippen molar-refractivity contribution in [2.45, 2.75) is 26.2 Å². The van der Waals surface area contributed by atoms with Gasteiger partial charge in [0, 0.05) is 18.7 Å². The first-order chi connectivity index (χ1) is 13.6. The van der Waals surface area contributed by atoms with Gasteiger partial charge in [0.25, 0.3) is 0 Å². The molecule has 1 aromatic heterocycles. The van der Waals surface area contributed by atoms with Gasteiger partial charge in [-0.1, -0.05) is 0 Å². The molecule has 0 atom stereocenters. The summed E-state index contributed by atoms with van der Waals surface area (Å²) in [5.41, 5.74) is 1.97. The van der Waals surface area contributed by atoms with Crippen LogP contribution in [-0.2, 0) is 0 Å². The maximum atomic E-state index is 13.4. The summed E-state index contributed by atoms with van der Waals surface area (Å²) in [7, 11) is 1.83. The predicted molar refractivity (Wildman–Crippen MR) is 102 cm³/mol. The Kier molecular flexibility index (Phi) is 4.25. The highest BCUT2D eigenvalue weighted by molar-refractivity contribution is 5.93. The number of aromatic nitrogens is 2. The second kappa shape index (κ2) is 6.54. The molecule has 9 heteroatoms. The van der Waals surface area contributed by atoms with Gasteiger partial charge in [0.1, 0.15) is 5.69 Å². The third-order valence-corrected chi connectivity index (χ3v) is 4.68. The van der Waals surface area contributed by atoms with Crippen LogP contribution in [0.15, 0.2) is 36.4 Å². The largest absolute Gasteiger partial charge is 0.586 e. The summed E-state index contributed by atoms with van der Waals surface area (Å²) in [6, 6.07) is 8.93. The van der Waals surface area contributed by atoms with Gasteiger partial charge in [-0.15, -0.1) is 8.78 Å². The molecule has 0 unspecified atom stereocenters. The molecule has 150 valence electrons. The molecule has 1 N–H and O–H groups in total. The SMILES string of the molecule is CC(C)N(C)c1nc2cc(C(=O)O)ccc2nc1-c1ccc2c(c1)OC(F)(F)O2. The Labute approximate surface area is 164 Å². The number of hydrogen-bond acceptors (Lipinski definition) is 6. The topological polar surface area (TPSA) is 84.8 Å². The van der Waals surface area contributed by atoms with Crippen molar-refractivity contribution in [1.29, 1.82) is 0 Å². The second-order valence-electron chi connectivity index (χ2n) is 6.94. The van der Waals surface area contributed by atoms with Crippen molar-refractivity contribution in [3.63, 3.8) is 0 Å². The van der Waals surface area contributed by atoms with Gasteiger partial charge in [-0.25, -0.2) is 14.8 Å². The van der Waals surface area contributed by atoms with E-state index in [-0.39, 0.29) is 23.1 Å². The molecule has 0 radical (unpaired) electrons. The molecule has 2 heterocycles. The fourth-order valence-electron chi connectivity index (χ4n) is 2.96. The Morgan fingerprint density at radius 2 is 1.79 bits per heavy atom. The summed E-state index contributed by atoms with van der Waals surface area (Å²) in [6.45, 7) is 3.92. The van der Waals surface area contributed by atoms with Crippen LogP contribution in [0, 0.1) is 0 Å². The van der Waals surface area contributed by atoms with Crippen LogP contribution < -0.4 is 14.4 Å². The van der Waals surface area contributed by atoms with Crippen molar-refractivity contribution in [1.82, 2.24) is 9.97 Å². The molecule has 0 aliphatic carbocycles. The summed E-state index contributed by atoms with van der Waals surface area (Å²) in [4.78, 5) is 22.4. The van der Waals surface area contributed by atoms with E-state index in [4.69, 9.17) is 0 Å². The number of anilines is 1. The van der Waals surface area contributed by atoms with E-state index >= 15 is 0 Å². The van der Waals surface area contributed by atoms with E-state index < -0.39 is 12.3 Å². The average molecular weight is 401 g/mol. The lowest BCUT2D eigenvalue weighted by Crippen LogP contribution is -2.27. The van der Waals surface area contributed by atoms with E-state index in [1.165, 1.54) is 24.3 Å². The molecule has 29 heavy (non-hydrogen) atoms. The average Bonchev–Trinajstić information content (AvgIpc) is 2.98. The van der Waals surface area contributed by atoms with Gasteiger partial charge < -0.3 is 19.5 Å². The number of halogens is 2. The molecule has 7 nitrogen and oxygen atoms in total. The summed E-state index contributed by atoms with van der Waals surface area (Å²) >= 11 is 0. The Hall–Kier alpha value is -3.49. The Morgan fingerprint density at radius 3 is 2.48 bits per heavy atom. The molecule has 4 rings (SSSR count). The Bertz CT molecular complexity index is 1130. The number of hydrogen-bond donors (Lipinski definition) is 1. The smallest absolute Gasteiger partial charge is 0.478 e. The van der Waals surface area contributed by atoms with Gasteiger partial charge in [-0.3, -0.25) is 0 Å². The lowest BCUT2D eigenvalue weighted by Gasteiger charge is -2.25. The molecule has 1 aliphatic heterocycles. The number of rotatable bonds is 4. The number of fused-ring (bicyclic) bond motifs is 2. The van der Waals surface area contributed by atoms with Crippen molar-refractivity contribution in [2.24, 2.45) is 0 Å². The number of carboxylic acid groups (broad SMARTS) is 1. The van der Waals surface area contributed by atoms with Crippen molar-refractivity contribution in [3.05, 3.63) is 42.0 Å². The van der Waals surface area contributed by atoms with E-state index in [0.717, 1.165) is 0 Å². The minimum absolute atomic E-state index is 0.0569. The van der Waals surface area contributed by atoms with Crippen LogP contribution >= 0.6 is 0 Å². The molecule has 0 spiro atoms. The highest BCUT2D eigenvalue weighted by Crippen LogP contribution is 2.43. The van der Waals surface area contributed by atoms with Crippen LogP contribution in [0.2, 0.25) is 0 Å². The Balaban J connectivity index is 1.90. The third kappa shape index (κ3) is 3.39.